The van der Waals surface area contributed by atoms with Gasteiger partial charge < -0.3 is 0 Å². The van der Waals surface area contributed by atoms with E-state index in [1.807, 2.05) is 0 Å². The summed E-state index contributed by atoms with van der Waals surface area (Å²) < 4.78 is 1.43. The lowest BCUT2D eigenvalue weighted by atomic mass is 9.83. The Hall–Kier alpha value is -3.48. The monoisotopic (exact) mass is 301 g/mol. The second-order valence-corrected chi connectivity index (χ2v) is 5.28. The third-order valence-corrected chi connectivity index (χ3v) is 4.10. The van der Waals surface area contributed by atoms with E-state index in [1.54, 1.807) is 36.4 Å². The van der Waals surface area contributed by atoms with Gasteiger partial charge in [-0.25, -0.2) is 4.98 Å². The number of carbonyl (C=O) groups excluding carboxylic acids is 2. The van der Waals surface area contributed by atoms with Crippen LogP contribution in [0.1, 0.15) is 31.8 Å². The maximum absolute atomic E-state index is 12.9. The zero-order valence-electron chi connectivity index (χ0n) is 11.6. The zero-order chi connectivity index (χ0) is 15.6. The number of benzene rings is 2. The second-order valence-electron chi connectivity index (χ2n) is 5.28. The molecule has 23 heavy (non-hydrogen) atoms. The van der Waals surface area contributed by atoms with Crippen LogP contribution in [0.25, 0.3) is 16.6 Å². The fourth-order valence-corrected chi connectivity index (χ4v) is 3.04. The van der Waals surface area contributed by atoms with E-state index in [0.717, 1.165) is 0 Å². The molecule has 0 N–H and O–H groups in total. The molecular weight excluding hydrogens is 294 g/mol. The van der Waals surface area contributed by atoms with Crippen molar-refractivity contribution in [3.05, 3.63) is 65.0 Å². The molecule has 2 aromatic heterocycles. The van der Waals surface area contributed by atoms with Crippen LogP contribution in [-0.4, -0.2) is 36.6 Å². The predicted octanol–water partition coefficient (Wildman–Crippen LogP) is 1.45. The normalized spacial score (nSPS) is 13.4. The Kier molecular flexibility index (Phi) is 2.12. The predicted molar refractivity (Wildman–Crippen MR) is 79.4 cm³/mol. The summed E-state index contributed by atoms with van der Waals surface area (Å²) in [6.45, 7) is 0. The summed E-state index contributed by atoms with van der Waals surface area (Å²) in [6, 6.07) is 10.2. The van der Waals surface area contributed by atoms with Gasteiger partial charge in [0.25, 0.3) is 0 Å². The van der Waals surface area contributed by atoms with Gasteiger partial charge in [-0.3, -0.25) is 9.59 Å². The van der Waals surface area contributed by atoms with E-state index in [4.69, 9.17) is 0 Å². The van der Waals surface area contributed by atoms with Crippen molar-refractivity contribution in [2.24, 2.45) is 0 Å². The highest BCUT2D eigenvalue weighted by Gasteiger charge is 2.31. The van der Waals surface area contributed by atoms with E-state index in [-0.39, 0.29) is 11.6 Å². The number of carbonyl (C=O) groups is 2. The number of hydrogen-bond donors (Lipinski definition) is 0. The lowest BCUT2D eigenvalue weighted by molar-refractivity contribution is 0.0980. The van der Waals surface area contributed by atoms with Gasteiger partial charge in [0.1, 0.15) is 6.33 Å². The Balaban J connectivity index is 1.94. The van der Waals surface area contributed by atoms with Gasteiger partial charge in [0.15, 0.2) is 17.2 Å². The molecule has 2 aromatic carbocycles. The highest BCUT2D eigenvalue weighted by Crippen LogP contribution is 2.32. The van der Waals surface area contributed by atoms with E-state index < -0.39 is 0 Å². The molecule has 0 aliphatic heterocycles. The van der Waals surface area contributed by atoms with Gasteiger partial charge in [0.05, 0.1) is 11.1 Å². The number of aromatic nitrogens is 5. The van der Waals surface area contributed by atoms with Gasteiger partial charge in [-0.15, -0.1) is 5.10 Å². The van der Waals surface area contributed by atoms with Crippen molar-refractivity contribution in [2.75, 3.05) is 0 Å². The molecule has 2 heterocycles. The number of rotatable bonds is 0. The number of tetrazole rings is 1. The third kappa shape index (κ3) is 1.43. The Morgan fingerprint density at radius 2 is 1.65 bits per heavy atom. The maximum atomic E-state index is 12.9. The molecule has 5 rings (SSSR count). The molecule has 7 heteroatoms. The van der Waals surface area contributed by atoms with Gasteiger partial charge in [0, 0.05) is 22.1 Å². The Bertz CT molecular complexity index is 1160. The molecule has 4 aromatic rings. The van der Waals surface area contributed by atoms with Gasteiger partial charge in [0.2, 0.25) is 0 Å². The SMILES string of the molecule is O=C1c2ccccc2C(=O)c2c1ccc1c2ncn2nnnc12. The minimum absolute atomic E-state index is 0.168. The van der Waals surface area contributed by atoms with Crippen molar-refractivity contribution < 1.29 is 9.59 Å². The fourth-order valence-electron chi connectivity index (χ4n) is 3.04. The van der Waals surface area contributed by atoms with Crippen LogP contribution in [-0.2, 0) is 0 Å². The summed E-state index contributed by atoms with van der Waals surface area (Å²) in [6.07, 6.45) is 1.44. The molecule has 0 unspecified atom stereocenters. The Morgan fingerprint density at radius 3 is 2.48 bits per heavy atom. The number of fused-ring (bicyclic) bond motifs is 6. The minimum atomic E-state index is -0.204. The van der Waals surface area contributed by atoms with Gasteiger partial charge in [-0.05, 0) is 22.6 Å². The first-order valence-electron chi connectivity index (χ1n) is 6.93. The number of hydrogen-bond acceptors (Lipinski definition) is 6. The first kappa shape index (κ1) is 12.1. The summed E-state index contributed by atoms with van der Waals surface area (Å²) in [7, 11) is 0. The molecule has 0 radical (unpaired) electrons. The molecule has 0 amide bonds. The van der Waals surface area contributed by atoms with Crippen molar-refractivity contribution in [3.8, 4) is 0 Å². The van der Waals surface area contributed by atoms with Crippen molar-refractivity contribution in [3.63, 3.8) is 0 Å². The summed E-state index contributed by atoms with van der Waals surface area (Å²) in [4.78, 5) is 29.9. The molecule has 0 fully saturated rings. The molecule has 108 valence electrons. The molecule has 0 bridgehead atoms. The summed E-state index contributed by atoms with van der Waals surface area (Å²) in [5.74, 6) is -0.372. The molecule has 0 saturated carbocycles. The summed E-state index contributed by atoms with van der Waals surface area (Å²) >= 11 is 0. The summed E-state index contributed by atoms with van der Waals surface area (Å²) in [5.41, 5.74) is 2.45. The van der Waals surface area contributed by atoms with E-state index in [9.17, 15) is 9.59 Å². The van der Waals surface area contributed by atoms with Crippen LogP contribution >= 0.6 is 0 Å². The van der Waals surface area contributed by atoms with Crippen molar-refractivity contribution in [1.82, 2.24) is 25.0 Å². The van der Waals surface area contributed by atoms with Crippen LogP contribution in [0.2, 0.25) is 0 Å². The maximum Gasteiger partial charge on any atom is 0.196 e. The van der Waals surface area contributed by atoms with Crippen molar-refractivity contribution in [2.45, 2.75) is 0 Å². The lowest BCUT2D eigenvalue weighted by Gasteiger charge is -2.18. The first-order valence-corrected chi connectivity index (χ1v) is 6.93. The second kappa shape index (κ2) is 4.04. The highest BCUT2D eigenvalue weighted by atomic mass is 16.1. The van der Waals surface area contributed by atoms with Gasteiger partial charge in [-0.1, -0.05) is 24.3 Å². The van der Waals surface area contributed by atoms with E-state index >= 15 is 0 Å². The van der Waals surface area contributed by atoms with Crippen LogP contribution < -0.4 is 0 Å². The van der Waals surface area contributed by atoms with Crippen LogP contribution in [0.15, 0.2) is 42.7 Å². The fraction of sp³-hybridized carbons (Fsp3) is 0. The molecule has 0 atom stereocenters. The van der Waals surface area contributed by atoms with E-state index in [2.05, 4.69) is 20.5 Å². The zero-order valence-corrected chi connectivity index (χ0v) is 11.6. The molecule has 7 nitrogen and oxygen atoms in total. The minimum Gasteiger partial charge on any atom is -0.289 e. The van der Waals surface area contributed by atoms with Crippen LogP contribution in [0.4, 0.5) is 0 Å². The van der Waals surface area contributed by atoms with Crippen LogP contribution in [0, 0.1) is 0 Å². The van der Waals surface area contributed by atoms with Gasteiger partial charge in [-0.2, -0.15) is 4.52 Å². The molecule has 1 aliphatic carbocycles. The Labute approximate surface area is 128 Å². The average Bonchev–Trinajstić information content (AvgIpc) is 3.07. The van der Waals surface area contributed by atoms with Gasteiger partial charge >= 0.3 is 0 Å². The molecular formula is C16H7N5O2. The first-order chi connectivity index (χ1) is 11.3. The molecule has 0 saturated heterocycles. The Morgan fingerprint density at radius 1 is 0.870 bits per heavy atom. The largest absolute Gasteiger partial charge is 0.289 e. The van der Waals surface area contributed by atoms with Crippen molar-refractivity contribution >= 4 is 28.1 Å². The van der Waals surface area contributed by atoms with Crippen molar-refractivity contribution in [1.29, 1.82) is 0 Å². The molecule has 0 spiro atoms. The smallest absolute Gasteiger partial charge is 0.196 e. The quantitative estimate of drug-likeness (QED) is 0.430. The van der Waals surface area contributed by atoms with E-state index in [1.165, 1.54) is 10.8 Å². The summed E-state index contributed by atoms with van der Waals surface area (Å²) in [5, 5.41) is 12.0. The van der Waals surface area contributed by atoms with E-state index in [0.29, 0.717) is 38.8 Å². The standard InChI is InChI=1S/C16H7N5O2/c22-14-8-3-1-2-4-9(8)15(23)12-10(14)5-6-11-13(12)17-7-21-16(11)18-19-20-21/h1-7H. The van der Waals surface area contributed by atoms with Crippen LogP contribution in [0.3, 0.4) is 0 Å². The molecule has 1 aliphatic rings. The number of nitrogens with zero attached hydrogens (tertiary/aromatic N) is 5. The average molecular weight is 301 g/mol. The van der Waals surface area contributed by atoms with Crippen LogP contribution in [0.5, 0.6) is 0 Å². The highest BCUT2D eigenvalue weighted by molar-refractivity contribution is 6.32. The lowest BCUT2D eigenvalue weighted by Crippen LogP contribution is -2.21. The topological polar surface area (TPSA) is 90.1 Å². The number of ketones is 2. The third-order valence-electron chi connectivity index (χ3n) is 4.10.